The number of hydrogen-bond acceptors (Lipinski definition) is 5. The summed E-state index contributed by atoms with van der Waals surface area (Å²) in [6.45, 7) is 1.79. The summed E-state index contributed by atoms with van der Waals surface area (Å²) >= 11 is 6.09. The number of nitrogens with zero attached hydrogens (tertiary/aromatic N) is 2. The van der Waals surface area contributed by atoms with Crippen LogP contribution in [0.3, 0.4) is 0 Å². The average Bonchev–Trinajstić information content (AvgIpc) is 3.08. The summed E-state index contributed by atoms with van der Waals surface area (Å²) in [5.74, 6) is 0.678. The first-order chi connectivity index (χ1) is 14.0. The number of fused-ring (bicyclic) bond motifs is 1. The Kier molecular flexibility index (Phi) is 5.05. The molecule has 0 radical (unpaired) electrons. The minimum atomic E-state index is -0.349. The van der Waals surface area contributed by atoms with Crippen LogP contribution in [0.1, 0.15) is 21.8 Å². The van der Waals surface area contributed by atoms with Crippen LogP contribution in [0.2, 0.25) is 5.02 Å². The number of carbonyl (C=O) groups excluding carboxylic acids is 1. The number of carbonyl (C=O) groups is 1. The smallest absolute Gasteiger partial charge is 0.287 e. The molecule has 0 saturated heterocycles. The molecule has 0 aliphatic carbocycles. The van der Waals surface area contributed by atoms with Crippen LogP contribution in [0.5, 0.6) is 5.75 Å². The molecule has 0 aliphatic rings. The van der Waals surface area contributed by atoms with Gasteiger partial charge in [-0.1, -0.05) is 35.9 Å². The molecular weight excluding hydrogens is 394 g/mol. The van der Waals surface area contributed by atoms with Crippen molar-refractivity contribution in [2.24, 2.45) is 0 Å². The maximum atomic E-state index is 12.5. The van der Waals surface area contributed by atoms with Crippen molar-refractivity contribution in [2.45, 2.75) is 13.5 Å². The quantitative estimate of drug-likeness (QED) is 0.536. The molecule has 146 valence electrons. The normalized spacial score (nSPS) is 10.8. The number of aromatic nitrogens is 2. The van der Waals surface area contributed by atoms with Crippen molar-refractivity contribution in [3.63, 3.8) is 0 Å². The van der Waals surface area contributed by atoms with Gasteiger partial charge in [-0.15, -0.1) is 4.57 Å². The van der Waals surface area contributed by atoms with E-state index in [0.29, 0.717) is 39.1 Å². The van der Waals surface area contributed by atoms with Crippen LogP contribution in [-0.2, 0) is 6.61 Å². The van der Waals surface area contributed by atoms with E-state index in [1.807, 2.05) is 0 Å². The summed E-state index contributed by atoms with van der Waals surface area (Å²) in [5.41, 5.74) is 1.37. The predicted molar refractivity (Wildman–Crippen MR) is 109 cm³/mol. The lowest BCUT2D eigenvalue weighted by atomic mass is 10.2. The molecule has 2 aromatic heterocycles. The molecule has 1 N–H and O–H groups in total. The molecule has 0 unspecified atom stereocenters. The number of amides is 1. The van der Waals surface area contributed by atoms with E-state index >= 15 is 0 Å². The zero-order chi connectivity index (χ0) is 20.4. The number of nitrogens with one attached hydrogen (secondary N) is 1. The number of halogens is 1. The fourth-order valence-electron chi connectivity index (χ4n) is 2.83. The molecule has 0 bridgehead atoms. The largest absolute Gasteiger partial charge is 0.485 e. The Morgan fingerprint density at radius 1 is 1.17 bits per heavy atom. The van der Waals surface area contributed by atoms with Crippen molar-refractivity contribution >= 4 is 28.8 Å². The second kappa shape index (κ2) is 7.81. The van der Waals surface area contributed by atoms with Gasteiger partial charge in [0.2, 0.25) is 0 Å². The first-order valence-corrected chi connectivity index (χ1v) is 9.16. The fourth-order valence-corrected chi connectivity index (χ4v) is 3.05. The second-order valence-electron chi connectivity index (χ2n) is 6.30. The van der Waals surface area contributed by atoms with Gasteiger partial charge in [0.15, 0.2) is 5.65 Å². The number of rotatable bonds is 5. The van der Waals surface area contributed by atoms with Crippen LogP contribution >= 0.6 is 11.6 Å². The molecule has 0 spiro atoms. The van der Waals surface area contributed by atoms with Crippen molar-refractivity contribution in [3.05, 3.63) is 93.1 Å². The summed E-state index contributed by atoms with van der Waals surface area (Å²) in [5, 5.41) is 3.16. The molecule has 0 atom stereocenters. The highest BCUT2D eigenvalue weighted by Crippen LogP contribution is 2.26. The number of hydrogen-bond donors (Lipinski definition) is 1. The average molecular weight is 410 g/mol. The lowest BCUT2D eigenvalue weighted by Crippen LogP contribution is -2.15. The standard InChI is InChI=1S/C21H16ClN3O4/c1-13-10-19-23-14(11-20(26)25(19)29-13)12-28-18-9-5-4-8-17(18)24-21(27)15-6-2-3-7-16(15)22/h2-11H,12H2,1H3,(H,24,27). The molecule has 8 heteroatoms. The molecule has 0 saturated carbocycles. The van der Waals surface area contributed by atoms with Gasteiger partial charge in [-0.2, -0.15) is 0 Å². The first kappa shape index (κ1) is 18.8. The molecule has 1 amide bonds. The number of para-hydroxylation sites is 2. The van der Waals surface area contributed by atoms with Gasteiger partial charge in [0, 0.05) is 12.1 Å². The van der Waals surface area contributed by atoms with Gasteiger partial charge >= 0.3 is 0 Å². The molecule has 29 heavy (non-hydrogen) atoms. The van der Waals surface area contributed by atoms with Gasteiger partial charge < -0.3 is 14.6 Å². The third-order valence-electron chi connectivity index (χ3n) is 4.15. The van der Waals surface area contributed by atoms with E-state index in [1.165, 1.54) is 6.07 Å². The lowest BCUT2D eigenvalue weighted by Gasteiger charge is -2.12. The Balaban J connectivity index is 1.54. The summed E-state index contributed by atoms with van der Waals surface area (Å²) in [6, 6.07) is 16.8. The molecule has 4 aromatic rings. The van der Waals surface area contributed by atoms with E-state index in [0.717, 1.165) is 4.57 Å². The number of aryl methyl sites for hydroxylation is 1. The van der Waals surface area contributed by atoms with Gasteiger partial charge in [0.25, 0.3) is 11.5 Å². The predicted octanol–water partition coefficient (Wildman–Crippen LogP) is 4.08. The van der Waals surface area contributed by atoms with Gasteiger partial charge in [-0.25, -0.2) is 4.98 Å². The molecule has 4 rings (SSSR count). The Labute approximate surface area is 170 Å². The Morgan fingerprint density at radius 2 is 1.93 bits per heavy atom. The van der Waals surface area contributed by atoms with Gasteiger partial charge in [-0.3, -0.25) is 9.59 Å². The highest BCUT2D eigenvalue weighted by Gasteiger charge is 2.13. The molecular formula is C21H16ClN3O4. The zero-order valence-corrected chi connectivity index (χ0v) is 16.1. The second-order valence-corrected chi connectivity index (χ2v) is 6.71. The minimum absolute atomic E-state index is 0.0505. The van der Waals surface area contributed by atoms with Crippen LogP contribution in [0.25, 0.3) is 5.65 Å². The van der Waals surface area contributed by atoms with Gasteiger partial charge in [0.05, 0.1) is 22.0 Å². The van der Waals surface area contributed by atoms with Crippen LogP contribution in [-0.4, -0.2) is 15.5 Å². The van der Waals surface area contributed by atoms with E-state index in [9.17, 15) is 9.59 Å². The van der Waals surface area contributed by atoms with Crippen LogP contribution < -0.4 is 15.6 Å². The molecule has 2 aromatic carbocycles. The molecule has 0 aliphatic heterocycles. The Bertz CT molecular complexity index is 1260. The first-order valence-electron chi connectivity index (χ1n) is 8.78. The maximum Gasteiger partial charge on any atom is 0.287 e. The number of ether oxygens (including phenoxy) is 1. The van der Waals surface area contributed by atoms with Gasteiger partial charge in [0.1, 0.15) is 18.1 Å². The van der Waals surface area contributed by atoms with Crippen LogP contribution in [0.15, 0.2) is 70.0 Å². The topological polar surface area (TPSA) is 85.8 Å². The summed E-state index contributed by atoms with van der Waals surface area (Å²) in [4.78, 5) is 29.0. The van der Waals surface area contributed by atoms with Crippen molar-refractivity contribution in [3.8, 4) is 5.75 Å². The maximum absolute atomic E-state index is 12.5. The van der Waals surface area contributed by atoms with E-state index in [4.69, 9.17) is 20.9 Å². The van der Waals surface area contributed by atoms with Gasteiger partial charge in [-0.05, 0) is 31.2 Å². The van der Waals surface area contributed by atoms with Crippen LogP contribution in [0.4, 0.5) is 5.69 Å². The van der Waals surface area contributed by atoms with Crippen molar-refractivity contribution in [2.75, 3.05) is 5.32 Å². The zero-order valence-electron chi connectivity index (χ0n) is 15.4. The van der Waals surface area contributed by atoms with Crippen LogP contribution in [0, 0.1) is 6.92 Å². The Hall–Kier alpha value is -3.58. The van der Waals surface area contributed by atoms with E-state index in [2.05, 4.69) is 10.3 Å². The SMILES string of the molecule is Cc1cc2nc(COc3ccccc3NC(=O)c3ccccc3Cl)cc(=O)n2o1. The summed E-state index contributed by atoms with van der Waals surface area (Å²) < 4.78 is 12.2. The minimum Gasteiger partial charge on any atom is -0.485 e. The summed E-state index contributed by atoms with van der Waals surface area (Å²) in [7, 11) is 0. The lowest BCUT2D eigenvalue weighted by molar-refractivity contribution is 0.102. The van der Waals surface area contributed by atoms with E-state index < -0.39 is 0 Å². The van der Waals surface area contributed by atoms with Crippen molar-refractivity contribution in [1.82, 2.24) is 9.56 Å². The van der Waals surface area contributed by atoms with Crippen molar-refractivity contribution in [1.29, 1.82) is 0 Å². The number of benzene rings is 2. The summed E-state index contributed by atoms with van der Waals surface area (Å²) in [6.07, 6.45) is 0. The Morgan fingerprint density at radius 3 is 2.76 bits per heavy atom. The molecule has 7 nitrogen and oxygen atoms in total. The highest BCUT2D eigenvalue weighted by atomic mass is 35.5. The molecule has 2 heterocycles. The third-order valence-corrected chi connectivity index (χ3v) is 4.48. The number of anilines is 1. The molecule has 0 fully saturated rings. The monoisotopic (exact) mass is 409 g/mol. The highest BCUT2D eigenvalue weighted by molar-refractivity contribution is 6.34. The van der Waals surface area contributed by atoms with E-state index in [-0.39, 0.29) is 18.1 Å². The third kappa shape index (κ3) is 4.00. The fraction of sp³-hybridized carbons (Fsp3) is 0.0952. The van der Waals surface area contributed by atoms with Crippen molar-refractivity contribution < 1.29 is 14.1 Å². The van der Waals surface area contributed by atoms with E-state index in [1.54, 1.807) is 61.5 Å².